The van der Waals surface area contributed by atoms with Crippen molar-refractivity contribution in [2.45, 2.75) is 19.3 Å². The van der Waals surface area contributed by atoms with Crippen LogP contribution in [0.2, 0.25) is 0 Å². The molecule has 0 aromatic carbocycles. The topological polar surface area (TPSA) is 52.5 Å². The van der Waals surface area contributed by atoms with Crippen LogP contribution in [0.5, 0.6) is 0 Å². The molecular weight excluding hydrogens is 162 g/mol. The maximum Gasteiger partial charge on any atom is 0.106 e. The van der Waals surface area contributed by atoms with Crippen LogP contribution in [0.1, 0.15) is 18.7 Å². The Kier molecular flexibility index (Phi) is 5.22. The third-order valence-corrected chi connectivity index (χ3v) is 1.26. The Morgan fingerprint density at radius 2 is 2.45 bits per heavy atom. The minimum atomic E-state index is 0. The number of nitrogens with zero attached hydrogens (tertiary/aromatic N) is 2. The lowest BCUT2D eigenvalue weighted by molar-refractivity contribution is 0.805. The molecule has 0 aliphatic rings. The van der Waals surface area contributed by atoms with Gasteiger partial charge in [-0.05, 0) is 6.42 Å². The van der Waals surface area contributed by atoms with Gasteiger partial charge in [-0.2, -0.15) is 5.26 Å². The summed E-state index contributed by atoms with van der Waals surface area (Å²) in [7, 11) is 0. The minimum Gasteiger partial charge on any atom is -0.349 e. The van der Waals surface area contributed by atoms with Crippen LogP contribution in [0.4, 0.5) is 0 Å². The number of H-pyrrole nitrogens is 1. The summed E-state index contributed by atoms with van der Waals surface area (Å²) < 4.78 is 0. The van der Waals surface area contributed by atoms with Gasteiger partial charge in [-0.3, -0.25) is 0 Å². The van der Waals surface area contributed by atoms with Crippen molar-refractivity contribution >= 4 is 12.4 Å². The van der Waals surface area contributed by atoms with E-state index in [4.69, 9.17) is 5.26 Å². The van der Waals surface area contributed by atoms with Crippen LogP contribution in [-0.4, -0.2) is 9.97 Å². The molecule has 1 N–H and O–H groups in total. The summed E-state index contributed by atoms with van der Waals surface area (Å²) in [5.41, 5.74) is 0. The summed E-state index contributed by atoms with van der Waals surface area (Å²) >= 11 is 0. The highest BCUT2D eigenvalue weighted by Gasteiger charge is 1.92. The van der Waals surface area contributed by atoms with Crippen LogP contribution in [0, 0.1) is 11.3 Å². The number of imidazole rings is 1. The SMILES string of the molecule is Cl.N#CCCCc1ncc[nH]1. The number of hydrogen-bond acceptors (Lipinski definition) is 2. The van der Waals surface area contributed by atoms with E-state index in [1.807, 2.05) is 0 Å². The normalized spacial score (nSPS) is 8.27. The summed E-state index contributed by atoms with van der Waals surface area (Å²) in [6, 6.07) is 2.09. The van der Waals surface area contributed by atoms with E-state index in [0.29, 0.717) is 6.42 Å². The Hall–Kier alpha value is -1.01. The highest BCUT2D eigenvalue weighted by molar-refractivity contribution is 5.85. The molecule has 1 rings (SSSR count). The summed E-state index contributed by atoms with van der Waals surface area (Å²) in [6.07, 6.45) is 5.90. The Morgan fingerprint density at radius 1 is 1.64 bits per heavy atom. The largest absolute Gasteiger partial charge is 0.349 e. The molecule has 0 saturated heterocycles. The maximum atomic E-state index is 8.21. The predicted molar refractivity (Wildman–Crippen MR) is 44.4 cm³/mol. The number of aromatic amines is 1. The zero-order valence-corrected chi connectivity index (χ0v) is 6.90. The number of rotatable bonds is 3. The predicted octanol–water partition coefficient (Wildman–Crippen LogP) is 1.68. The molecule has 4 heteroatoms. The molecule has 0 aliphatic carbocycles. The molecule has 1 aromatic rings. The smallest absolute Gasteiger partial charge is 0.106 e. The second-order valence-electron chi connectivity index (χ2n) is 2.05. The van der Waals surface area contributed by atoms with Gasteiger partial charge in [0, 0.05) is 25.2 Å². The fourth-order valence-electron chi connectivity index (χ4n) is 0.770. The lowest BCUT2D eigenvalue weighted by Gasteiger charge is -1.89. The Bertz CT molecular complexity index is 212. The van der Waals surface area contributed by atoms with Gasteiger partial charge in [0.1, 0.15) is 5.82 Å². The first-order chi connectivity index (χ1) is 4.93. The Morgan fingerprint density at radius 3 is 3.00 bits per heavy atom. The van der Waals surface area contributed by atoms with E-state index in [2.05, 4.69) is 16.0 Å². The summed E-state index contributed by atoms with van der Waals surface area (Å²) in [5.74, 6) is 0.968. The summed E-state index contributed by atoms with van der Waals surface area (Å²) in [4.78, 5) is 7.00. The van der Waals surface area contributed by atoms with Crippen LogP contribution in [0.3, 0.4) is 0 Å². The molecule has 0 saturated carbocycles. The molecule has 0 amide bonds. The molecule has 0 unspecified atom stereocenters. The number of aromatic nitrogens is 2. The molecule has 60 valence electrons. The quantitative estimate of drug-likeness (QED) is 0.704. The molecule has 0 fully saturated rings. The molecular formula is C7H10ClN3. The van der Waals surface area contributed by atoms with E-state index in [1.54, 1.807) is 12.4 Å². The van der Waals surface area contributed by atoms with Crippen LogP contribution >= 0.6 is 12.4 Å². The van der Waals surface area contributed by atoms with Gasteiger partial charge in [-0.1, -0.05) is 0 Å². The van der Waals surface area contributed by atoms with Crippen molar-refractivity contribution in [2.75, 3.05) is 0 Å². The fraction of sp³-hybridized carbons (Fsp3) is 0.429. The maximum absolute atomic E-state index is 8.21. The second kappa shape index (κ2) is 5.75. The van der Waals surface area contributed by atoms with E-state index in [9.17, 15) is 0 Å². The Balaban J connectivity index is 0.000001000. The number of aryl methyl sites for hydroxylation is 1. The van der Waals surface area contributed by atoms with E-state index in [0.717, 1.165) is 18.7 Å². The average Bonchev–Trinajstić information content (AvgIpc) is 2.41. The van der Waals surface area contributed by atoms with Crippen LogP contribution in [-0.2, 0) is 6.42 Å². The van der Waals surface area contributed by atoms with Gasteiger partial charge < -0.3 is 4.98 Å². The first kappa shape index (κ1) is 9.99. The van der Waals surface area contributed by atoms with Crippen molar-refractivity contribution < 1.29 is 0 Å². The van der Waals surface area contributed by atoms with E-state index in [-0.39, 0.29) is 12.4 Å². The first-order valence-corrected chi connectivity index (χ1v) is 3.28. The lowest BCUT2D eigenvalue weighted by atomic mass is 10.2. The molecule has 1 heterocycles. The average molecular weight is 172 g/mol. The molecule has 0 spiro atoms. The molecule has 3 nitrogen and oxygen atoms in total. The van der Waals surface area contributed by atoms with Gasteiger partial charge in [0.2, 0.25) is 0 Å². The first-order valence-electron chi connectivity index (χ1n) is 3.28. The number of nitrogens with one attached hydrogen (secondary N) is 1. The zero-order chi connectivity index (χ0) is 7.23. The highest BCUT2D eigenvalue weighted by atomic mass is 35.5. The van der Waals surface area contributed by atoms with Crippen LogP contribution in [0.25, 0.3) is 0 Å². The molecule has 0 aliphatic heterocycles. The van der Waals surface area contributed by atoms with Crippen molar-refractivity contribution in [3.8, 4) is 6.07 Å². The zero-order valence-electron chi connectivity index (χ0n) is 6.08. The van der Waals surface area contributed by atoms with Gasteiger partial charge in [-0.15, -0.1) is 12.4 Å². The molecule has 0 radical (unpaired) electrons. The minimum absolute atomic E-state index is 0. The third kappa shape index (κ3) is 3.64. The monoisotopic (exact) mass is 171 g/mol. The van der Waals surface area contributed by atoms with Crippen molar-refractivity contribution in [1.82, 2.24) is 9.97 Å². The second-order valence-corrected chi connectivity index (χ2v) is 2.05. The van der Waals surface area contributed by atoms with Gasteiger partial charge in [-0.25, -0.2) is 4.98 Å². The van der Waals surface area contributed by atoms with Crippen molar-refractivity contribution in [3.63, 3.8) is 0 Å². The van der Waals surface area contributed by atoms with E-state index >= 15 is 0 Å². The lowest BCUT2D eigenvalue weighted by Crippen LogP contribution is -1.86. The van der Waals surface area contributed by atoms with E-state index in [1.165, 1.54) is 0 Å². The standard InChI is InChI=1S/C7H9N3.ClH/c8-4-2-1-3-7-9-5-6-10-7;/h5-6H,1-3H2,(H,9,10);1H. The molecule has 1 aromatic heterocycles. The summed E-state index contributed by atoms with van der Waals surface area (Å²) in [6.45, 7) is 0. The van der Waals surface area contributed by atoms with Gasteiger partial charge in [0.25, 0.3) is 0 Å². The van der Waals surface area contributed by atoms with Gasteiger partial charge in [0.05, 0.1) is 6.07 Å². The molecule has 11 heavy (non-hydrogen) atoms. The fourth-order valence-corrected chi connectivity index (χ4v) is 0.770. The highest BCUT2D eigenvalue weighted by Crippen LogP contribution is 1.96. The van der Waals surface area contributed by atoms with Gasteiger partial charge >= 0.3 is 0 Å². The van der Waals surface area contributed by atoms with Crippen LogP contribution < -0.4 is 0 Å². The third-order valence-electron chi connectivity index (χ3n) is 1.26. The van der Waals surface area contributed by atoms with E-state index < -0.39 is 0 Å². The van der Waals surface area contributed by atoms with Crippen molar-refractivity contribution in [2.24, 2.45) is 0 Å². The number of halogens is 1. The Labute approximate surface area is 71.9 Å². The number of hydrogen-bond donors (Lipinski definition) is 1. The molecule has 0 atom stereocenters. The van der Waals surface area contributed by atoms with Crippen LogP contribution in [0.15, 0.2) is 12.4 Å². The molecule has 0 bridgehead atoms. The van der Waals surface area contributed by atoms with Gasteiger partial charge in [0.15, 0.2) is 0 Å². The summed E-state index contributed by atoms with van der Waals surface area (Å²) in [5, 5.41) is 8.21. The van der Waals surface area contributed by atoms with Crippen molar-refractivity contribution in [1.29, 1.82) is 5.26 Å². The number of nitriles is 1. The van der Waals surface area contributed by atoms with Crippen molar-refractivity contribution in [3.05, 3.63) is 18.2 Å². The number of unbranched alkanes of at least 4 members (excludes halogenated alkanes) is 1.